The Kier molecular flexibility index (Phi) is 6.57. The number of hydrogen-bond donors (Lipinski definition) is 0. The number of methoxy groups -OCH3 is 2. The van der Waals surface area contributed by atoms with E-state index in [0.29, 0.717) is 6.04 Å². The van der Waals surface area contributed by atoms with Crippen LogP contribution in [0, 0.1) is 0 Å². The van der Waals surface area contributed by atoms with E-state index in [1.54, 1.807) is 14.2 Å². The first-order chi connectivity index (χ1) is 14.3. The number of likely N-dealkylation sites (tertiary alicyclic amines) is 1. The third-order valence-electron chi connectivity index (χ3n) is 6.28. The van der Waals surface area contributed by atoms with Crippen LogP contribution in [0.2, 0.25) is 0 Å². The molecule has 0 aromatic heterocycles. The lowest BCUT2D eigenvalue weighted by atomic mass is 10.0. The van der Waals surface area contributed by atoms with E-state index in [1.807, 2.05) is 12.1 Å². The van der Waals surface area contributed by atoms with Crippen LogP contribution >= 0.6 is 0 Å². The van der Waals surface area contributed by atoms with Gasteiger partial charge < -0.3 is 14.4 Å². The molecule has 2 aromatic carbocycles. The molecule has 156 valence electrons. The van der Waals surface area contributed by atoms with Crippen LogP contribution in [0.25, 0.3) is 0 Å². The number of piperazine rings is 1. The van der Waals surface area contributed by atoms with Gasteiger partial charge in [-0.1, -0.05) is 24.3 Å². The minimum atomic E-state index is 0.661. The van der Waals surface area contributed by atoms with Crippen molar-refractivity contribution in [3.05, 3.63) is 54.1 Å². The highest BCUT2D eigenvalue weighted by Gasteiger charge is 2.28. The number of nitrogens with zero attached hydrogens (tertiary/aromatic N) is 3. The number of benzene rings is 2. The highest BCUT2D eigenvalue weighted by molar-refractivity contribution is 5.58. The second-order valence-corrected chi connectivity index (χ2v) is 8.08. The summed E-state index contributed by atoms with van der Waals surface area (Å²) in [6.45, 7) is 7.72. The normalized spacial score (nSPS) is 21.2. The summed E-state index contributed by atoms with van der Waals surface area (Å²) in [4.78, 5) is 7.77. The Hall–Kier alpha value is -2.24. The molecule has 0 amide bonds. The summed E-state index contributed by atoms with van der Waals surface area (Å²) in [6.07, 6.45) is 2.59. The molecule has 2 aliphatic heterocycles. The lowest BCUT2D eigenvalue weighted by Crippen LogP contribution is -2.55. The maximum atomic E-state index is 5.56. The summed E-state index contributed by atoms with van der Waals surface area (Å²) in [7, 11) is 3.49. The van der Waals surface area contributed by atoms with E-state index in [0.717, 1.165) is 50.8 Å². The van der Waals surface area contributed by atoms with Gasteiger partial charge in [0.15, 0.2) is 0 Å². The van der Waals surface area contributed by atoms with Gasteiger partial charge in [-0.15, -0.1) is 0 Å². The summed E-state index contributed by atoms with van der Waals surface area (Å²) in [5.41, 5.74) is 2.56. The van der Waals surface area contributed by atoms with Gasteiger partial charge in [0.1, 0.15) is 11.5 Å². The van der Waals surface area contributed by atoms with Crippen molar-refractivity contribution in [3.8, 4) is 11.5 Å². The number of para-hydroxylation sites is 2. The van der Waals surface area contributed by atoms with Crippen LogP contribution in [0.15, 0.2) is 48.5 Å². The number of hydrogen-bond acceptors (Lipinski definition) is 5. The molecular formula is C24H33N3O2. The van der Waals surface area contributed by atoms with E-state index in [1.165, 1.54) is 30.6 Å². The van der Waals surface area contributed by atoms with Gasteiger partial charge in [-0.25, -0.2) is 0 Å². The van der Waals surface area contributed by atoms with Crippen LogP contribution < -0.4 is 14.4 Å². The Bertz CT molecular complexity index is 789. The third kappa shape index (κ3) is 4.85. The van der Waals surface area contributed by atoms with Crippen molar-refractivity contribution in [1.29, 1.82) is 0 Å². The Balaban J connectivity index is 1.32. The second-order valence-electron chi connectivity index (χ2n) is 8.08. The fourth-order valence-electron chi connectivity index (χ4n) is 4.72. The number of piperidine rings is 1. The second kappa shape index (κ2) is 9.51. The molecule has 0 unspecified atom stereocenters. The predicted molar refractivity (Wildman–Crippen MR) is 118 cm³/mol. The summed E-state index contributed by atoms with van der Waals surface area (Å²) in [5, 5.41) is 0. The van der Waals surface area contributed by atoms with Gasteiger partial charge in [0.25, 0.3) is 0 Å². The molecule has 29 heavy (non-hydrogen) atoms. The smallest absolute Gasteiger partial charge is 0.142 e. The van der Waals surface area contributed by atoms with Crippen molar-refractivity contribution >= 4 is 5.69 Å². The fraction of sp³-hybridized carbons (Fsp3) is 0.500. The highest BCUT2D eigenvalue weighted by Crippen LogP contribution is 2.29. The lowest BCUT2D eigenvalue weighted by Gasteiger charge is -2.44. The summed E-state index contributed by atoms with van der Waals surface area (Å²) < 4.78 is 10.9. The van der Waals surface area contributed by atoms with E-state index in [9.17, 15) is 0 Å². The van der Waals surface area contributed by atoms with Crippen molar-refractivity contribution in [2.24, 2.45) is 0 Å². The Morgan fingerprint density at radius 1 is 0.897 bits per heavy atom. The maximum absolute atomic E-state index is 5.56. The minimum Gasteiger partial charge on any atom is -0.497 e. The van der Waals surface area contributed by atoms with Gasteiger partial charge in [0.05, 0.1) is 19.9 Å². The zero-order valence-electron chi connectivity index (χ0n) is 17.7. The van der Waals surface area contributed by atoms with Crippen molar-refractivity contribution < 1.29 is 9.47 Å². The molecule has 1 atom stereocenters. The number of anilines is 1. The van der Waals surface area contributed by atoms with Gasteiger partial charge >= 0.3 is 0 Å². The standard InChI is InChI=1S/C24H33N3O2/c1-28-22-9-5-7-20(17-22)18-25-12-6-8-21(19-25)26-13-15-27(16-14-26)23-10-3-4-11-24(23)29-2/h3-5,7,9-11,17,21H,6,8,12-16,18-19H2,1-2H3/t21-/m0/s1. The molecule has 0 bridgehead atoms. The lowest BCUT2D eigenvalue weighted by molar-refractivity contribution is 0.0887. The van der Waals surface area contributed by atoms with E-state index in [2.05, 4.69) is 51.1 Å². The van der Waals surface area contributed by atoms with Crippen molar-refractivity contribution in [2.45, 2.75) is 25.4 Å². The number of rotatable bonds is 6. The molecule has 0 saturated carbocycles. The molecule has 2 aromatic rings. The average Bonchev–Trinajstić information content (AvgIpc) is 2.79. The first kappa shape index (κ1) is 20.0. The van der Waals surface area contributed by atoms with Crippen molar-refractivity contribution in [2.75, 3.05) is 58.4 Å². The van der Waals surface area contributed by atoms with Crippen LogP contribution in [-0.4, -0.2) is 69.3 Å². The maximum Gasteiger partial charge on any atom is 0.142 e. The average molecular weight is 396 g/mol. The zero-order chi connectivity index (χ0) is 20.1. The van der Waals surface area contributed by atoms with E-state index >= 15 is 0 Å². The monoisotopic (exact) mass is 395 g/mol. The Labute approximate surface area is 174 Å². The van der Waals surface area contributed by atoms with E-state index < -0.39 is 0 Å². The van der Waals surface area contributed by atoms with Crippen LogP contribution in [0.3, 0.4) is 0 Å². The van der Waals surface area contributed by atoms with Gasteiger partial charge in [0, 0.05) is 45.3 Å². The molecule has 5 heteroatoms. The molecule has 2 aliphatic rings. The molecule has 0 N–H and O–H groups in total. The van der Waals surface area contributed by atoms with E-state index in [-0.39, 0.29) is 0 Å². The van der Waals surface area contributed by atoms with Crippen molar-refractivity contribution in [3.63, 3.8) is 0 Å². The van der Waals surface area contributed by atoms with Crippen LogP contribution in [0.1, 0.15) is 18.4 Å². The molecule has 0 radical (unpaired) electrons. The Morgan fingerprint density at radius 3 is 2.52 bits per heavy atom. The van der Waals surface area contributed by atoms with E-state index in [4.69, 9.17) is 9.47 Å². The van der Waals surface area contributed by atoms with Crippen molar-refractivity contribution in [1.82, 2.24) is 9.80 Å². The topological polar surface area (TPSA) is 28.2 Å². The van der Waals surface area contributed by atoms with Gasteiger partial charge in [-0.05, 0) is 49.2 Å². The first-order valence-electron chi connectivity index (χ1n) is 10.7. The summed E-state index contributed by atoms with van der Waals surface area (Å²) in [6, 6.07) is 17.5. The fourth-order valence-corrected chi connectivity index (χ4v) is 4.72. The van der Waals surface area contributed by atoms with Crippen LogP contribution in [0.4, 0.5) is 5.69 Å². The first-order valence-corrected chi connectivity index (χ1v) is 10.7. The molecule has 4 rings (SSSR count). The Morgan fingerprint density at radius 2 is 1.72 bits per heavy atom. The van der Waals surface area contributed by atoms with Gasteiger partial charge in [-0.3, -0.25) is 9.80 Å². The van der Waals surface area contributed by atoms with Crippen LogP contribution in [-0.2, 0) is 6.54 Å². The molecular weight excluding hydrogens is 362 g/mol. The largest absolute Gasteiger partial charge is 0.497 e. The molecule has 0 spiro atoms. The third-order valence-corrected chi connectivity index (χ3v) is 6.28. The van der Waals surface area contributed by atoms with Gasteiger partial charge in [0.2, 0.25) is 0 Å². The molecule has 2 heterocycles. The van der Waals surface area contributed by atoms with Crippen LogP contribution in [0.5, 0.6) is 11.5 Å². The summed E-state index contributed by atoms with van der Waals surface area (Å²) in [5.74, 6) is 1.92. The zero-order valence-corrected chi connectivity index (χ0v) is 17.7. The molecule has 5 nitrogen and oxygen atoms in total. The molecule has 0 aliphatic carbocycles. The van der Waals surface area contributed by atoms with Gasteiger partial charge in [-0.2, -0.15) is 0 Å². The predicted octanol–water partition coefficient (Wildman–Crippen LogP) is 3.49. The SMILES string of the molecule is COc1cccc(CN2CCC[C@H](N3CCN(c4ccccc4OC)CC3)C2)c1. The minimum absolute atomic E-state index is 0.661. The number of ether oxygens (including phenoxy) is 2. The quantitative estimate of drug-likeness (QED) is 0.747. The molecule has 2 saturated heterocycles. The highest BCUT2D eigenvalue weighted by atomic mass is 16.5. The molecule has 2 fully saturated rings. The summed E-state index contributed by atoms with van der Waals surface area (Å²) >= 11 is 0.